The van der Waals surface area contributed by atoms with Crippen molar-refractivity contribution in [2.45, 2.75) is 32.7 Å². The zero-order valence-electron chi connectivity index (χ0n) is 15.2. The van der Waals surface area contributed by atoms with Crippen LogP contribution in [0.3, 0.4) is 0 Å². The highest BCUT2D eigenvalue weighted by Crippen LogP contribution is 2.33. The Bertz CT molecular complexity index is 930. The summed E-state index contributed by atoms with van der Waals surface area (Å²) in [6, 6.07) is 20.4. The summed E-state index contributed by atoms with van der Waals surface area (Å²) in [5.41, 5.74) is 4.90. The molecule has 1 aliphatic heterocycles. The lowest BCUT2D eigenvalue weighted by molar-refractivity contribution is 0.0729. The first-order valence-corrected chi connectivity index (χ1v) is 9.13. The number of nitrogens with zero attached hydrogens (tertiary/aromatic N) is 3. The number of carbonyl (C=O) groups is 1. The van der Waals surface area contributed by atoms with E-state index in [0.29, 0.717) is 5.69 Å². The Morgan fingerprint density at radius 1 is 1.04 bits per heavy atom. The van der Waals surface area contributed by atoms with Gasteiger partial charge in [0.1, 0.15) is 0 Å². The zero-order valence-corrected chi connectivity index (χ0v) is 15.2. The Labute approximate surface area is 154 Å². The standard InChI is InChI=1S/C22H23N3O/c1-16-8-6-9-18(14-16)21-12-7-13-24(21)22(26)20-15-17(2)25(23-20)19-10-4-3-5-11-19/h3-6,8-11,14-15,21H,7,12-13H2,1-2H3. The largest absolute Gasteiger partial charge is 0.330 e. The van der Waals surface area contributed by atoms with Gasteiger partial charge in [-0.1, -0.05) is 48.0 Å². The van der Waals surface area contributed by atoms with Gasteiger partial charge in [0.15, 0.2) is 5.69 Å². The minimum absolute atomic E-state index is 0.0202. The number of rotatable bonds is 3. The quantitative estimate of drug-likeness (QED) is 0.702. The summed E-state index contributed by atoms with van der Waals surface area (Å²) in [5.74, 6) is 0.0202. The number of para-hydroxylation sites is 1. The smallest absolute Gasteiger partial charge is 0.274 e. The topological polar surface area (TPSA) is 38.1 Å². The van der Waals surface area contributed by atoms with Crippen LogP contribution in [0.4, 0.5) is 0 Å². The normalized spacial score (nSPS) is 16.8. The molecule has 2 aromatic carbocycles. The molecule has 0 N–H and O–H groups in total. The van der Waals surface area contributed by atoms with Crippen LogP contribution >= 0.6 is 0 Å². The molecule has 4 heteroatoms. The van der Waals surface area contributed by atoms with Crippen LogP contribution < -0.4 is 0 Å². The molecule has 1 aliphatic rings. The SMILES string of the molecule is Cc1cccc(C2CCCN2C(=O)c2cc(C)n(-c3ccccc3)n2)c1. The van der Waals surface area contributed by atoms with Crippen molar-refractivity contribution in [3.05, 3.63) is 83.2 Å². The van der Waals surface area contributed by atoms with Crippen LogP contribution in [0.1, 0.15) is 46.2 Å². The summed E-state index contributed by atoms with van der Waals surface area (Å²) in [5, 5.41) is 4.60. The maximum atomic E-state index is 13.2. The first-order valence-electron chi connectivity index (χ1n) is 9.13. The van der Waals surface area contributed by atoms with Gasteiger partial charge >= 0.3 is 0 Å². The molecule has 0 bridgehead atoms. The lowest BCUT2D eigenvalue weighted by atomic mass is 10.0. The maximum absolute atomic E-state index is 13.2. The second-order valence-corrected chi connectivity index (χ2v) is 6.99. The molecule has 0 aliphatic carbocycles. The fourth-order valence-electron chi connectivity index (χ4n) is 3.79. The van der Waals surface area contributed by atoms with Gasteiger partial charge in [0.2, 0.25) is 0 Å². The molecule has 26 heavy (non-hydrogen) atoms. The maximum Gasteiger partial charge on any atom is 0.274 e. The van der Waals surface area contributed by atoms with Gasteiger partial charge in [0.25, 0.3) is 5.91 Å². The number of aromatic nitrogens is 2. The molecule has 1 amide bonds. The summed E-state index contributed by atoms with van der Waals surface area (Å²) in [6.45, 7) is 4.86. The van der Waals surface area contributed by atoms with E-state index in [4.69, 9.17) is 0 Å². The third kappa shape index (κ3) is 3.03. The number of amides is 1. The minimum Gasteiger partial charge on any atom is -0.330 e. The van der Waals surface area contributed by atoms with E-state index in [-0.39, 0.29) is 11.9 Å². The van der Waals surface area contributed by atoms with Crippen LogP contribution in [0.2, 0.25) is 0 Å². The molecule has 0 saturated carbocycles. The van der Waals surface area contributed by atoms with Crippen LogP contribution in [0.25, 0.3) is 5.69 Å². The molecule has 0 radical (unpaired) electrons. The van der Waals surface area contributed by atoms with Crippen molar-refractivity contribution in [2.24, 2.45) is 0 Å². The molecule has 1 atom stereocenters. The Morgan fingerprint density at radius 3 is 2.62 bits per heavy atom. The molecular formula is C22H23N3O. The molecule has 1 fully saturated rings. The molecule has 2 heterocycles. The summed E-state index contributed by atoms with van der Waals surface area (Å²) < 4.78 is 1.84. The lowest BCUT2D eigenvalue weighted by Gasteiger charge is -2.24. The third-order valence-electron chi connectivity index (χ3n) is 5.05. The molecule has 0 spiro atoms. The Balaban J connectivity index is 1.63. The Hall–Kier alpha value is -2.88. The summed E-state index contributed by atoms with van der Waals surface area (Å²) in [4.78, 5) is 15.1. The van der Waals surface area contributed by atoms with Crippen molar-refractivity contribution in [1.82, 2.24) is 14.7 Å². The number of benzene rings is 2. The highest BCUT2D eigenvalue weighted by molar-refractivity contribution is 5.93. The van der Waals surface area contributed by atoms with Crippen LogP contribution in [0, 0.1) is 13.8 Å². The van der Waals surface area contributed by atoms with E-state index in [1.54, 1.807) is 0 Å². The van der Waals surface area contributed by atoms with Crippen molar-refractivity contribution in [3.8, 4) is 5.69 Å². The van der Waals surface area contributed by atoms with Crippen molar-refractivity contribution in [3.63, 3.8) is 0 Å². The molecule has 4 rings (SSSR count). The number of aryl methyl sites for hydroxylation is 2. The average Bonchev–Trinajstić information content (AvgIpc) is 3.29. The predicted molar refractivity (Wildman–Crippen MR) is 102 cm³/mol. The zero-order chi connectivity index (χ0) is 18.1. The number of hydrogen-bond donors (Lipinski definition) is 0. The van der Waals surface area contributed by atoms with Crippen molar-refractivity contribution >= 4 is 5.91 Å². The first kappa shape index (κ1) is 16.6. The number of hydrogen-bond acceptors (Lipinski definition) is 2. The van der Waals surface area contributed by atoms with E-state index in [0.717, 1.165) is 30.8 Å². The molecule has 1 aromatic heterocycles. The predicted octanol–water partition coefficient (Wildman–Crippen LogP) is 4.47. The Morgan fingerprint density at radius 2 is 1.85 bits per heavy atom. The van der Waals surface area contributed by atoms with Gasteiger partial charge in [-0.15, -0.1) is 0 Å². The fourth-order valence-corrected chi connectivity index (χ4v) is 3.79. The van der Waals surface area contributed by atoms with Crippen LogP contribution in [0.15, 0.2) is 60.7 Å². The van der Waals surface area contributed by atoms with Gasteiger partial charge in [0, 0.05) is 12.2 Å². The lowest BCUT2D eigenvalue weighted by Crippen LogP contribution is -2.31. The van der Waals surface area contributed by atoms with E-state index in [1.807, 2.05) is 52.9 Å². The first-order chi connectivity index (χ1) is 12.6. The summed E-state index contributed by atoms with van der Waals surface area (Å²) in [7, 11) is 0. The average molecular weight is 345 g/mol. The second kappa shape index (κ2) is 6.79. The van der Waals surface area contributed by atoms with Gasteiger partial charge in [0.05, 0.1) is 11.7 Å². The highest BCUT2D eigenvalue weighted by Gasteiger charge is 2.32. The van der Waals surface area contributed by atoms with Gasteiger partial charge in [-0.05, 0) is 50.5 Å². The monoisotopic (exact) mass is 345 g/mol. The molecule has 4 nitrogen and oxygen atoms in total. The third-order valence-corrected chi connectivity index (χ3v) is 5.05. The number of carbonyl (C=O) groups excluding carboxylic acids is 1. The second-order valence-electron chi connectivity index (χ2n) is 6.99. The summed E-state index contributed by atoms with van der Waals surface area (Å²) >= 11 is 0. The van der Waals surface area contributed by atoms with E-state index < -0.39 is 0 Å². The van der Waals surface area contributed by atoms with Gasteiger partial charge < -0.3 is 4.90 Å². The van der Waals surface area contributed by atoms with E-state index >= 15 is 0 Å². The van der Waals surface area contributed by atoms with Crippen molar-refractivity contribution in [1.29, 1.82) is 0 Å². The van der Waals surface area contributed by atoms with Gasteiger partial charge in [-0.25, -0.2) is 4.68 Å². The molecule has 1 unspecified atom stereocenters. The van der Waals surface area contributed by atoms with Gasteiger partial charge in [-0.3, -0.25) is 4.79 Å². The van der Waals surface area contributed by atoms with Gasteiger partial charge in [-0.2, -0.15) is 5.10 Å². The van der Waals surface area contributed by atoms with E-state index in [1.165, 1.54) is 11.1 Å². The van der Waals surface area contributed by atoms with Crippen LogP contribution in [-0.2, 0) is 0 Å². The van der Waals surface area contributed by atoms with Crippen LogP contribution in [0.5, 0.6) is 0 Å². The van der Waals surface area contributed by atoms with E-state index in [9.17, 15) is 4.79 Å². The van der Waals surface area contributed by atoms with Crippen molar-refractivity contribution in [2.75, 3.05) is 6.54 Å². The molecule has 3 aromatic rings. The summed E-state index contributed by atoms with van der Waals surface area (Å²) in [6.07, 6.45) is 2.04. The van der Waals surface area contributed by atoms with Crippen molar-refractivity contribution < 1.29 is 4.79 Å². The minimum atomic E-state index is 0.0202. The molecule has 132 valence electrons. The molecular weight excluding hydrogens is 322 g/mol. The van der Waals surface area contributed by atoms with Crippen LogP contribution in [-0.4, -0.2) is 27.1 Å². The molecule has 1 saturated heterocycles. The Kier molecular flexibility index (Phi) is 4.33. The number of likely N-dealkylation sites (tertiary alicyclic amines) is 1. The van der Waals surface area contributed by atoms with E-state index in [2.05, 4.69) is 36.3 Å². The fraction of sp³-hybridized carbons (Fsp3) is 0.273. The highest BCUT2D eigenvalue weighted by atomic mass is 16.2.